The number of esters is 1. The van der Waals surface area contributed by atoms with Gasteiger partial charge in [-0.2, -0.15) is 0 Å². The number of hydrogen-bond donors (Lipinski definition) is 0. The zero-order valence-corrected chi connectivity index (χ0v) is 15.5. The highest BCUT2D eigenvalue weighted by atomic mass is 16.6. The molecule has 1 rings (SSSR count). The van der Waals surface area contributed by atoms with Crippen molar-refractivity contribution in [3.63, 3.8) is 0 Å². The molecule has 0 saturated heterocycles. The van der Waals surface area contributed by atoms with Crippen LogP contribution in [0.5, 0.6) is 17.2 Å². The van der Waals surface area contributed by atoms with Crippen molar-refractivity contribution in [2.24, 2.45) is 0 Å². The first-order valence-corrected chi connectivity index (χ1v) is 8.28. The summed E-state index contributed by atoms with van der Waals surface area (Å²) in [6.45, 7) is 12.7. The minimum absolute atomic E-state index is 0.415. The second kappa shape index (κ2) is 9.21. The van der Waals surface area contributed by atoms with E-state index in [0.717, 1.165) is 0 Å². The van der Waals surface area contributed by atoms with Crippen LogP contribution in [0.1, 0.15) is 47.1 Å². The summed E-state index contributed by atoms with van der Waals surface area (Å²) in [5, 5.41) is 0. The van der Waals surface area contributed by atoms with Crippen LogP contribution < -0.4 is 14.2 Å². The van der Waals surface area contributed by atoms with Crippen molar-refractivity contribution >= 4 is 12.0 Å². The largest absolute Gasteiger partial charge is 0.494 e. The number of carbonyl (C=O) groups is 1. The summed E-state index contributed by atoms with van der Waals surface area (Å²) in [5.41, 5.74) is 0.152. The molecule has 0 fully saturated rings. The van der Waals surface area contributed by atoms with E-state index in [4.69, 9.17) is 18.9 Å². The predicted octanol–water partition coefficient (Wildman–Crippen LogP) is 4.24. The summed E-state index contributed by atoms with van der Waals surface area (Å²) in [6, 6.07) is 3.59. The minimum atomic E-state index is -0.536. The summed E-state index contributed by atoms with van der Waals surface area (Å²) in [6.07, 6.45) is 3.03. The molecule has 5 heteroatoms. The maximum atomic E-state index is 11.9. The summed E-state index contributed by atoms with van der Waals surface area (Å²) < 4.78 is 22.2. The molecule has 0 aliphatic rings. The summed E-state index contributed by atoms with van der Waals surface area (Å²) >= 11 is 0. The SMILES string of the molecule is CCOc1cc(OCC)c(C=CC(=O)OC(C)(C)C)c(OCC)c1. The Bertz CT molecular complexity index is 543. The molecule has 0 atom stereocenters. The van der Waals surface area contributed by atoms with Crippen LogP contribution in [0, 0.1) is 0 Å². The molecule has 0 radical (unpaired) electrons. The van der Waals surface area contributed by atoms with Crippen molar-refractivity contribution in [3.8, 4) is 17.2 Å². The fourth-order valence-corrected chi connectivity index (χ4v) is 2.03. The summed E-state index contributed by atoms with van der Waals surface area (Å²) in [5.74, 6) is 1.46. The van der Waals surface area contributed by atoms with Gasteiger partial charge in [0.05, 0.1) is 25.4 Å². The van der Waals surface area contributed by atoms with Gasteiger partial charge in [0, 0.05) is 18.2 Å². The summed E-state index contributed by atoms with van der Waals surface area (Å²) in [4.78, 5) is 11.9. The fraction of sp³-hybridized carbons (Fsp3) is 0.526. The lowest BCUT2D eigenvalue weighted by molar-refractivity contribution is -0.148. The van der Waals surface area contributed by atoms with E-state index >= 15 is 0 Å². The number of carbonyl (C=O) groups excluding carboxylic acids is 1. The van der Waals surface area contributed by atoms with Crippen LogP contribution in [0.4, 0.5) is 0 Å². The number of hydrogen-bond acceptors (Lipinski definition) is 5. The molecule has 1 aromatic rings. The van der Waals surface area contributed by atoms with Crippen molar-refractivity contribution in [2.45, 2.75) is 47.1 Å². The maximum absolute atomic E-state index is 11.9. The first-order valence-electron chi connectivity index (χ1n) is 8.28. The van der Waals surface area contributed by atoms with E-state index in [2.05, 4.69) is 0 Å². The lowest BCUT2D eigenvalue weighted by Crippen LogP contribution is -2.22. The third-order valence-corrected chi connectivity index (χ3v) is 2.78. The van der Waals surface area contributed by atoms with Crippen LogP contribution in [0.25, 0.3) is 6.08 Å². The van der Waals surface area contributed by atoms with Gasteiger partial charge in [-0.05, 0) is 47.6 Å². The Morgan fingerprint density at radius 1 is 0.958 bits per heavy atom. The molecule has 0 aliphatic heterocycles. The second-order valence-electron chi connectivity index (χ2n) is 6.00. The first-order chi connectivity index (χ1) is 11.3. The number of rotatable bonds is 8. The normalized spacial score (nSPS) is 11.4. The lowest BCUT2D eigenvalue weighted by atomic mass is 10.1. The van der Waals surface area contributed by atoms with E-state index in [1.54, 1.807) is 18.2 Å². The van der Waals surface area contributed by atoms with E-state index in [1.807, 2.05) is 41.5 Å². The Hall–Kier alpha value is -2.17. The fourth-order valence-electron chi connectivity index (χ4n) is 2.03. The molecule has 0 aromatic heterocycles. The molecule has 0 saturated carbocycles. The molecule has 0 unspecified atom stereocenters. The molecule has 24 heavy (non-hydrogen) atoms. The maximum Gasteiger partial charge on any atom is 0.331 e. The van der Waals surface area contributed by atoms with Crippen LogP contribution in [0.2, 0.25) is 0 Å². The first kappa shape index (κ1) is 19.9. The standard InChI is InChI=1S/C19H28O5/c1-7-21-14-12-16(22-8-2)15(17(13-14)23-9-3)10-11-18(20)24-19(4,5)6/h10-13H,7-9H2,1-6H3. The molecule has 0 bridgehead atoms. The third-order valence-electron chi connectivity index (χ3n) is 2.78. The molecule has 0 amide bonds. The van der Waals surface area contributed by atoms with Gasteiger partial charge in [-0.15, -0.1) is 0 Å². The molecule has 0 spiro atoms. The molecule has 1 aromatic carbocycles. The Morgan fingerprint density at radius 3 is 1.88 bits per heavy atom. The van der Waals surface area contributed by atoms with Gasteiger partial charge >= 0.3 is 5.97 Å². The Morgan fingerprint density at radius 2 is 1.46 bits per heavy atom. The van der Waals surface area contributed by atoms with Crippen LogP contribution in [-0.4, -0.2) is 31.4 Å². The van der Waals surface area contributed by atoms with Gasteiger partial charge in [-0.3, -0.25) is 0 Å². The smallest absolute Gasteiger partial charge is 0.331 e. The van der Waals surface area contributed by atoms with Gasteiger partial charge in [-0.25, -0.2) is 4.79 Å². The minimum Gasteiger partial charge on any atom is -0.494 e. The zero-order valence-electron chi connectivity index (χ0n) is 15.5. The van der Waals surface area contributed by atoms with Crippen molar-refractivity contribution < 1.29 is 23.7 Å². The quantitative estimate of drug-likeness (QED) is 0.525. The highest BCUT2D eigenvalue weighted by molar-refractivity contribution is 5.88. The van der Waals surface area contributed by atoms with Crippen LogP contribution >= 0.6 is 0 Å². The highest BCUT2D eigenvalue weighted by Crippen LogP contribution is 2.35. The number of benzene rings is 1. The van der Waals surface area contributed by atoms with Gasteiger partial charge in [0.2, 0.25) is 0 Å². The number of ether oxygens (including phenoxy) is 4. The van der Waals surface area contributed by atoms with E-state index in [0.29, 0.717) is 42.6 Å². The van der Waals surface area contributed by atoms with Gasteiger partial charge in [-0.1, -0.05) is 0 Å². The van der Waals surface area contributed by atoms with Crippen molar-refractivity contribution in [3.05, 3.63) is 23.8 Å². The Kier molecular flexibility index (Phi) is 7.62. The zero-order chi connectivity index (χ0) is 18.2. The highest BCUT2D eigenvalue weighted by Gasteiger charge is 2.16. The topological polar surface area (TPSA) is 54.0 Å². The average molecular weight is 336 g/mol. The van der Waals surface area contributed by atoms with E-state index in [1.165, 1.54) is 6.08 Å². The average Bonchev–Trinajstić information content (AvgIpc) is 2.45. The van der Waals surface area contributed by atoms with Crippen molar-refractivity contribution in [1.82, 2.24) is 0 Å². The Balaban J connectivity index is 3.19. The van der Waals surface area contributed by atoms with Crippen LogP contribution in [-0.2, 0) is 9.53 Å². The van der Waals surface area contributed by atoms with Crippen molar-refractivity contribution in [2.75, 3.05) is 19.8 Å². The predicted molar refractivity (Wildman–Crippen MR) is 94.8 cm³/mol. The molecule has 0 N–H and O–H groups in total. The van der Waals surface area contributed by atoms with E-state index in [9.17, 15) is 4.79 Å². The lowest BCUT2D eigenvalue weighted by Gasteiger charge is -2.18. The van der Waals surface area contributed by atoms with Gasteiger partial charge in [0.15, 0.2) is 0 Å². The molecule has 0 heterocycles. The van der Waals surface area contributed by atoms with Crippen molar-refractivity contribution in [1.29, 1.82) is 0 Å². The monoisotopic (exact) mass is 336 g/mol. The third kappa shape index (κ3) is 6.52. The van der Waals surface area contributed by atoms with Crippen LogP contribution in [0.15, 0.2) is 18.2 Å². The van der Waals surface area contributed by atoms with Gasteiger partial charge < -0.3 is 18.9 Å². The second-order valence-corrected chi connectivity index (χ2v) is 6.00. The molecule has 5 nitrogen and oxygen atoms in total. The van der Waals surface area contributed by atoms with E-state index < -0.39 is 11.6 Å². The van der Waals surface area contributed by atoms with Crippen LogP contribution in [0.3, 0.4) is 0 Å². The molecular weight excluding hydrogens is 308 g/mol. The molecular formula is C19H28O5. The summed E-state index contributed by atoms with van der Waals surface area (Å²) in [7, 11) is 0. The van der Waals surface area contributed by atoms with Gasteiger partial charge in [0.1, 0.15) is 22.8 Å². The van der Waals surface area contributed by atoms with E-state index in [-0.39, 0.29) is 0 Å². The Labute approximate surface area is 144 Å². The molecule has 0 aliphatic carbocycles. The van der Waals surface area contributed by atoms with Gasteiger partial charge in [0.25, 0.3) is 0 Å². The molecule has 134 valence electrons.